The van der Waals surface area contributed by atoms with Gasteiger partial charge in [-0.2, -0.15) is 0 Å². The average Bonchev–Trinajstić information content (AvgIpc) is 2.92. The predicted molar refractivity (Wildman–Crippen MR) is 170 cm³/mol. The van der Waals surface area contributed by atoms with Crippen molar-refractivity contribution in [1.82, 2.24) is 5.32 Å². The molecule has 4 rings (SSSR count). The molecule has 0 radical (unpaired) electrons. The minimum absolute atomic E-state index is 0.151. The first-order valence-corrected chi connectivity index (χ1v) is 13.7. The van der Waals surface area contributed by atoms with E-state index < -0.39 is 0 Å². The lowest BCUT2D eigenvalue weighted by Gasteiger charge is -2.38. The van der Waals surface area contributed by atoms with E-state index in [1.54, 1.807) is 12.3 Å². The molecule has 39 heavy (non-hydrogen) atoms. The smallest absolute Gasteiger partial charge is 0.136 e. The number of hydrogen-bond acceptors (Lipinski definition) is 2. The van der Waals surface area contributed by atoms with Crippen molar-refractivity contribution in [2.45, 2.75) is 58.8 Å². The highest BCUT2D eigenvalue weighted by Crippen LogP contribution is 2.44. The number of aliphatic imine (C=N–C) groups is 1. The number of nitrogens with one attached hydrogen (secondary N) is 1. The average molecular weight is 516 g/mol. The minimum atomic E-state index is -0.300. The summed E-state index contributed by atoms with van der Waals surface area (Å²) in [7, 11) is 0. The van der Waals surface area contributed by atoms with E-state index in [1.165, 1.54) is 33.5 Å². The molecule has 0 unspecified atom stereocenters. The van der Waals surface area contributed by atoms with Gasteiger partial charge in [0.25, 0.3) is 0 Å². The van der Waals surface area contributed by atoms with Crippen LogP contribution in [0.1, 0.15) is 64.7 Å². The number of fused-ring (bicyclic) bond motifs is 1. The van der Waals surface area contributed by atoms with Gasteiger partial charge >= 0.3 is 0 Å². The van der Waals surface area contributed by atoms with Crippen LogP contribution in [0.4, 0.5) is 5.69 Å². The molecule has 0 saturated heterocycles. The number of allylic oxidation sites excluding steroid dienone is 8. The molecule has 4 bridgehead atoms. The number of anilines is 1. The largest absolute Gasteiger partial charge is 0.364 e. The molecule has 1 aliphatic heterocycles. The van der Waals surface area contributed by atoms with Gasteiger partial charge in [-0.15, -0.1) is 0 Å². The van der Waals surface area contributed by atoms with Crippen LogP contribution in [-0.4, -0.2) is 5.84 Å². The van der Waals surface area contributed by atoms with Crippen LogP contribution in [0.5, 0.6) is 0 Å². The summed E-state index contributed by atoms with van der Waals surface area (Å²) in [6, 6.07) is 17.1. The van der Waals surface area contributed by atoms with Crippen molar-refractivity contribution in [3.63, 3.8) is 0 Å². The molecular formula is C36H41N3. The highest BCUT2D eigenvalue weighted by Gasteiger charge is 2.35. The van der Waals surface area contributed by atoms with Crippen molar-refractivity contribution in [1.29, 1.82) is 0 Å². The van der Waals surface area contributed by atoms with Gasteiger partial charge in [0.05, 0.1) is 0 Å². The summed E-state index contributed by atoms with van der Waals surface area (Å²) in [5, 5.41) is 3.75. The third kappa shape index (κ3) is 5.27. The summed E-state index contributed by atoms with van der Waals surface area (Å²) in [5.74, 6) is 0.725. The van der Waals surface area contributed by atoms with Gasteiger partial charge in [0.1, 0.15) is 5.84 Å². The molecule has 1 heterocycles. The van der Waals surface area contributed by atoms with Crippen molar-refractivity contribution < 1.29 is 0 Å². The van der Waals surface area contributed by atoms with E-state index in [0.717, 1.165) is 23.6 Å². The summed E-state index contributed by atoms with van der Waals surface area (Å²) in [6.07, 6.45) is 17.5. The topological polar surface area (TPSA) is 27.6 Å². The molecule has 3 nitrogen and oxygen atoms in total. The maximum Gasteiger partial charge on any atom is 0.136 e. The van der Waals surface area contributed by atoms with Gasteiger partial charge < -0.3 is 5.32 Å². The van der Waals surface area contributed by atoms with Crippen LogP contribution in [-0.2, 0) is 10.8 Å². The van der Waals surface area contributed by atoms with E-state index in [1.807, 2.05) is 18.2 Å². The first-order valence-electron chi connectivity index (χ1n) is 13.7. The van der Waals surface area contributed by atoms with Crippen molar-refractivity contribution in [3.05, 3.63) is 144 Å². The van der Waals surface area contributed by atoms with Gasteiger partial charge in [-0.3, -0.25) is 4.90 Å². The van der Waals surface area contributed by atoms with Crippen LogP contribution in [0.25, 0.3) is 6.08 Å². The number of para-hydroxylation sites is 1. The standard InChI is InChI=1S/C36H41N3/c1-9-33-32(24-26(4)39(34(10-2)37-11-3)28-19-13-12-14-20-28)36(7,8)31-23-17-22-30-29(31)21-16-15-18-27(25-38-33)35(30,5)6/h10-25,38H,2-3,9H2,1,4-8H3/b18-15-,21-16-,26-24+,27-25?,33-32-,37-34?. The van der Waals surface area contributed by atoms with Crippen LogP contribution in [0.15, 0.2) is 132 Å². The van der Waals surface area contributed by atoms with Crippen LogP contribution in [0, 0.1) is 0 Å². The van der Waals surface area contributed by atoms with Crippen molar-refractivity contribution in [3.8, 4) is 0 Å². The molecule has 0 aromatic heterocycles. The quantitative estimate of drug-likeness (QED) is 0.307. The van der Waals surface area contributed by atoms with Gasteiger partial charge in [-0.1, -0.05) is 108 Å². The van der Waals surface area contributed by atoms with Crippen LogP contribution in [0.3, 0.4) is 0 Å². The number of benzene rings is 2. The molecule has 1 N–H and O–H groups in total. The molecule has 200 valence electrons. The second-order valence-electron chi connectivity index (χ2n) is 11.1. The molecule has 0 spiro atoms. The zero-order chi connectivity index (χ0) is 28.2. The Kier molecular flexibility index (Phi) is 8.11. The van der Waals surface area contributed by atoms with Crippen molar-refractivity contribution in [2.75, 3.05) is 4.90 Å². The fraction of sp³-hybridized carbons (Fsp3) is 0.250. The Hall–Kier alpha value is -4.11. The number of rotatable bonds is 6. The second kappa shape index (κ2) is 11.3. The minimum Gasteiger partial charge on any atom is -0.364 e. The van der Waals surface area contributed by atoms with E-state index in [2.05, 4.69) is 137 Å². The Balaban J connectivity index is 2.03. The van der Waals surface area contributed by atoms with Crippen LogP contribution in [0.2, 0.25) is 0 Å². The van der Waals surface area contributed by atoms with Crippen LogP contribution >= 0.6 is 0 Å². The summed E-state index contributed by atoms with van der Waals surface area (Å²) >= 11 is 0. The zero-order valence-corrected chi connectivity index (χ0v) is 24.3. The van der Waals surface area contributed by atoms with Crippen molar-refractivity contribution >= 4 is 17.6 Å². The summed E-state index contributed by atoms with van der Waals surface area (Å²) in [5.41, 5.74) is 9.22. The summed E-state index contributed by atoms with van der Waals surface area (Å²) in [6.45, 7) is 21.5. The van der Waals surface area contributed by atoms with Crippen molar-refractivity contribution in [2.24, 2.45) is 4.99 Å². The molecular weight excluding hydrogens is 474 g/mol. The van der Waals surface area contributed by atoms with E-state index in [-0.39, 0.29) is 10.8 Å². The predicted octanol–water partition coefficient (Wildman–Crippen LogP) is 9.11. The molecule has 0 atom stereocenters. The second-order valence-corrected chi connectivity index (χ2v) is 11.1. The summed E-state index contributed by atoms with van der Waals surface area (Å²) < 4.78 is 0. The lowest BCUT2D eigenvalue weighted by Crippen LogP contribution is -2.32. The molecule has 2 aliphatic rings. The molecule has 2 aromatic rings. The monoisotopic (exact) mass is 515 g/mol. The first-order chi connectivity index (χ1) is 18.7. The molecule has 1 aliphatic carbocycles. The molecule has 3 heteroatoms. The number of nitrogens with zero attached hydrogens (tertiary/aromatic N) is 2. The molecule has 0 amide bonds. The lowest BCUT2D eigenvalue weighted by molar-refractivity contribution is 0.592. The highest BCUT2D eigenvalue weighted by atomic mass is 15.2. The van der Waals surface area contributed by atoms with Gasteiger partial charge in [-0.05, 0) is 65.5 Å². The zero-order valence-electron chi connectivity index (χ0n) is 24.3. The van der Waals surface area contributed by atoms with E-state index in [9.17, 15) is 0 Å². The number of hydrogen-bond donors (Lipinski definition) is 1. The Labute approximate surface area is 235 Å². The van der Waals surface area contributed by atoms with Gasteiger partial charge in [0.15, 0.2) is 0 Å². The van der Waals surface area contributed by atoms with E-state index in [4.69, 9.17) is 0 Å². The van der Waals surface area contributed by atoms with Gasteiger partial charge in [0.2, 0.25) is 0 Å². The molecule has 0 saturated carbocycles. The SMILES string of the molecule is C=CN=C(C=C)N(/C(C)=C/C1=C(\CC)NC=C2/C=C\C=C/c3c(cccc3C1(C)C)C2(C)C)c1ccccc1. The Morgan fingerprint density at radius 1 is 0.923 bits per heavy atom. The van der Waals surface area contributed by atoms with E-state index >= 15 is 0 Å². The Bertz CT molecular complexity index is 1440. The third-order valence-electron chi connectivity index (χ3n) is 7.93. The normalized spacial score (nSPS) is 21.5. The number of amidine groups is 1. The van der Waals surface area contributed by atoms with Gasteiger partial charge in [-0.25, -0.2) is 4.99 Å². The lowest BCUT2D eigenvalue weighted by atomic mass is 9.68. The highest BCUT2D eigenvalue weighted by molar-refractivity contribution is 6.07. The maximum atomic E-state index is 4.55. The fourth-order valence-corrected chi connectivity index (χ4v) is 5.73. The Morgan fingerprint density at radius 2 is 1.59 bits per heavy atom. The fourth-order valence-electron chi connectivity index (χ4n) is 5.73. The Morgan fingerprint density at radius 3 is 2.23 bits per heavy atom. The first kappa shape index (κ1) is 27.9. The van der Waals surface area contributed by atoms with Gasteiger partial charge in [0, 0.05) is 40.3 Å². The molecule has 0 fully saturated rings. The third-order valence-corrected chi connectivity index (χ3v) is 7.93. The molecule has 2 aromatic carbocycles. The van der Waals surface area contributed by atoms with E-state index in [0.29, 0.717) is 0 Å². The summed E-state index contributed by atoms with van der Waals surface area (Å²) in [4.78, 5) is 6.69. The maximum absolute atomic E-state index is 4.55. The van der Waals surface area contributed by atoms with Crippen LogP contribution < -0.4 is 10.2 Å².